The highest BCUT2D eigenvalue weighted by molar-refractivity contribution is 5.85. The van der Waals surface area contributed by atoms with Crippen molar-refractivity contribution >= 4 is 30.8 Å². The van der Waals surface area contributed by atoms with E-state index in [2.05, 4.69) is 16.8 Å². The molecule has 0 saturated carbocycles. The van der Waals surface area contributed by atoms with Gasteiger partial charge in [-0.1, -0.05) is 12.7 Å². The van der Waals surface area contributed by atoms with E-state index in [1.54, 1.807) is 6.08 Å². The fourth-order valence-electron chi connectivity index (χ4n) is 1.25. The Labute approximate surface area is 103 Å². The number of ether oxygens (including phenoxy) is 1. The molecule has 0 aromatic rings. The second kappa shape index (κ2) is 10.2. The summed E-state index contributed by atoms with van der Waals surface area (Å²) in [6.07, 6.45) is 1.58. The van der Waals surface area contributed by atoms with Crippen molar-refractivity contribution < 1.29 is 9.53 Å². The number of carbonyl (C=O) groups excluding carboxylic acids is 1. The van der Waals surface area contributed by atoms with Crippen LogP contribution < -0.4 is 5.32 Å². The largest absolute Gasteiger partial charge is 0.461 e. The van der Waals surface area contributed by atoms with Crippen LogP contribution in [0.3, 0.4) is 0 Å². The molecule has 0 spiro atoms. The second-order valence-electron chi connectivity index (χ2n) is 3.00. The third-order valence-corrected chi connectivity index (χ3v) is 1.92. The zero-order chi connectivity index (χ0) is 9.52. The van der Waals surface area contributed by atoms with E-state index in [1.165, 1.54) is 0 Å². The first kappa shape index (κ1) is 17.1. The molecule has 0 aliphatic carbocycles. The number of rotatable bonds is 4. The summed E-state index contributed by atoms with van der Waals surface area (Å²) in [6.45, 7) is 7.93. The van der Waals surface area contributed by atoms with Crippen molar-refractivity contribution in [1.82, 2.24) is 10.2 Å². The van der Waals surface area contributed by atoms with E-state index >= 15 is 0 Å². The van der Waals surface area contributed by atoms with E-state index in [9.17, 15) is 4.79 Å². The summed E-state index contributed by atoms with van der Waals surface area (Å²) >= 11 is 0. The number of nitrogens with one attached hydrogen (secondary N) is 1. The molecular weight excluding hydrogens is 239 g/mol. The van der Waals surface area contributed by atoms with Crippen molar-refractivity contribution in [3.05, 3.63) is 12.7 Å². The standard InChI is InChI=1S/C9H16N2O2.2ClH/c1-2-7-13-9(12)8-11-5-3-10-4-6-11;;/h2,10H,1,3-8H2;2*1H. The highest BCUT2D eigenvalue weighted by Gasteiger charge is 2.13. The molecule has 0 aromatic carbocycles. The molecule has 1 heterocycles. The normalized spacial score (nSPS) is 15.7. The average Bonchev–Trinajstić information content (AvgIpc) is 2.16. The van der Waals surface area contributed by atoms with Crippen molar-refractivity contribution in [3.63, 3.8) is 0 Å². The minimum Gasteiger partial charge on any atom is -0.461 e. The summed E-state index contributed by atoms with van der Waals surface area (Å²) in [6, 6.07) is 0. The zero-order valence-corrected chi connectivity index (χ0v) is 10.2. The van der Waals surface area contributed by atoms with E-state index in [4.69, 9.17) is 4.74 Å². The van der Waals surface area contributed by atoms with Crippen LogP contribution >= 0.6 is 24.8 Å². The van der Waals surface area contributed by atoms with Crippen molar-refractivity contribution in [2.45, 2.75) is 0 Å². The Balaban J connectivity index is 0. The van der Waals surface area contributed by atoms with Gasteiger partial charge in [0, 0.05) is 26.2 Å². The Hall–Kier alpha value is -0.290. The van der Waals surface area contributed by atoms with E-state index < -0.39 is 0 Å². The molecule has 1 aliphatic heterocycles. The van der Waals surface area contributed by atoms with Gasteiger partial charge in [0.2, 0.25) is 0 Å². The maximum absolute atomic E-state index is 11.1. The quantitative estimate of drug-likeness (QED) is 0.587. The van der Waals surface area contributed by atoms with Gasteiger partial charge in [-0.25, -0.2) is 0 Å². The molecule has 0 amide bonds. The Morgan fingerprint density at radius 1 is 1.40 bits per heavy atom. The zero-order valence-electron chi connectivity index (χ0n) is 8.61. The molecule has 15 heavy (non-hydrogen) atoms. The lowest BCUT2D eigenvalue weighted by atomic mass is 10.3. The topological polar surface area (TPSA) is 41.6 Å². The predicted molar refractivity (Wildman–Crippen MR) is 65.0 cm³/mol. The maximum Gasteiger partial charge on any atom is 0.320 e. The number of esters is 1. The first-order valence-corrected chi connectivity index (χ1v) is 4.52. The van der Waals surface area contributed by atoms with Crippen LogP contribution in [0.25, 0.3) is 0 Å². The molecule has 0 bridgehead atoms. The first-order valence-electron chi connectivity index (χ1n) is 4.52. The summed E-state index contributed by atoms with van der Waals surface area (Å²) in [5, 5.41) is 3.22. The van der Waals surface area contributed by atoms with Gasteiger partial charge in [0.15, 0.2) is 0 Å². The minimum absolute atomic E-state index is 0. The highest BCUT2D eigenvalue weighted by atomic mass is 35.5. The second-order valence-corrected chi connectivity index (χ2v) is 3.00. The SMILES string of the molecule is C=CCOC(=O)CN1CCNCC1.Cl.Cl. The van der Waals surface area contributed by atoms with Crippen molar-refractivity contribution in [2.24, 2.45) is 0 Å². The van der Waals surface area contributed by atoms with Crippen LogP contribution in [0.1, 0.15) is 0 Å². The van der Waals surface area contributed by atoms with Gasteiger partial charge >= 0.3 is 5.97 Å². The lowest BCUT2D eigenvalue weighted by Crippen LogP contribution is -2.45. The van der Waals surface area contributed by atoms with Gasteiger partial charge in [-0.2, -0.15) is 0 Å². The number of piperazine rings is 1. The maximum atomic E-state index is 11.1. The van der Waals surface area contributed by atoms with Crippen molar-refractivity contribution in [2.75, 3.05) is 39.3 Å². The molecule has 0 radical (unpaired) electrons. The summed E-state index contributed by atoms with van der Waals surface area (Å²) < 4.78 is 4.87. The van der Waals surface area contributed by atoms with Crippen LogP contribution in [-0.2, 0) is 9.53 Å². The third-order valence-electron chi connectivity index (χ3n) is 1.92. The van der Waals surface area contributed by atoms with Crippen LogP contribution in [0.4, 0.5) is 0 Å². The molecule has 1 N–H and O–H groups in total. The van der Waals surface area contributed by atoms with Gasteiger partial charge < -0.3 is 10.1 Å². The van der Waals surface area contributed by atoms with Gasteiger partial charge in [0.1, 0.15) is 6.61 Å². The van der Waals surface area contributed by atoms with E-state index in [0.717, 1.165) is 26.2 Å². The molecule has 4 nitrogen and oxygen atoms in total. The van der Waals surface area contributed by atoms with Crippen LogP contribution in [0.5, 0.6) is 0 Å². The van der Waals surface area contributed by atoms with E-state index in [-0.39, 0.29) is 30.8 Å². The van der Waals surface area contributed by atoms with Crippen LogP contribution in [-0.4, -0.2) is 50.2 Å². The molecule has 90 valence electrons. The molecule has 1 aliphatic rings. The highest BCUT2D eigenvalue weighted by Crippen LogP contribution is 1.92. The smallest absolute Gasteiger partial charge is 0.320 e. The Morgan fingerprint density at radius 2 is 2.00 bits per heavy atom. The summed E-state index contributed by atoms with van der Waals surface area (Å²) in [7, 11) is 0. The van der Waals surface area contributed by atoms with Gasteiger partial charge in [0.25, 0.3) is 0 Å². The molecule has 0 atom stereocenters. The fraction of sp³-hybridized carbons (Fsp3) is 0.667. The van der Waals surface area contributed by atoms with E-state index in [0.29, 0.717) is 13.2 Å². The van der Waals surface area contributed by atoms with Gasteiger partial charge in [0.05, 0.1) is 6.54 Å². The van der Waals surface area contributed by atoms with Crippen molar-refractivity contribution in [1.29, 1.82) is 0 Å². The first-order chi connectivity index (χ1) is 6.33. The third kappa shape index (κ3) is 7.62. The fourth-order valence-corrected chi connectivity index (χ4v) is 1.25. The predicted octanol–water partition coefficient (Wildman–Crippen LogP) is 0.464. The molecule has 1 rings (SSSR count). The monoisotopic (exact) mass is 256 g/mol. The van der Waals surface area contributed by atoms with Gasteiger partial charge in [-0.3, -0.25) is 9.69 Å². The van der Waals surface area contributed by atoms with Crippen LogP contribution in [0.2, 0.25) is 0 Å². The molecule has 0 unspecified atom stereocenters. The number of halogens is 2. The Bertz CT molecular complexity index is 185. The average molecular weight is 257 g/mol. The van der Waals surface area contributed by atoms with Crippen molar-refractivity contribution in [3.8, 4) is 0 Å². The number of hydrogen-bond acceptors (Lipinski definition) is 4. The lowest BCUT2D eigenvalue weighted by Gasteiger charge is -2.25. The molecule has 6 heteroatoms. The Kier molecular flexibility index (Phi) is 11.7. The number of nitrogens with zero attached hydrogens (tertiary/aromatic N) is 1. The molecule has 1 fully saturated rings. The molecule has 0 aromatic heterocycles. The summed E-state index contributed by atoms with van der Waals surface area (Å²) in [5.74, 6) is -0.165. The number of carbonyl (C=O) groups is 1. The van der Waals surface area contributed by atoms with Crippen LogP contribution in [0, 0.1) is 0 Å². The van der Waals surface area contributed by atoms with Gasteiger partial charge in [-0.05, 0) is 0 Å². The lowest BCUT2D eigenvalue weighted by molar-refractivity contribution is -0.143. The Morgan fingerprint density at radius 3 is 2.53 bits per heavy atom. The minimum atomic E-state index is -0.165. The number of hydrogen-bond donors (Lipinski definition) is 1. The molecular formula is C9H18Cl2N2O2. The van der Waals surface area contributed by atoms with Gasteiger partial charge in [-0.15, -0.1) is 24.8 Å². The summed E-state index contributed by atoms with van der Waals surface area (Å²) in [4.78, 5) is 13.2. The van der Waals surface area contributed by atoms with Crippen LogP contribution in [0.15, 0.2) is 12.7 Å². The molecule has 1 saturated heterocycles. The summed E-state index contributed by atoms with van der Waals surface area (Å²) in [5.41, 5.74) is 0. The van der Waals surface area contributed by atoms with E-state index in [1.807, 2.05) is 0 Å².